The van der Waals surface area contributed by atoms with E-state index in [4.69, 9.17) is 14.2 Å². The maximum Gasteiger partial charge on any atom is 0.127 e. The number of aromatic hydroxyl groups is 1. The van der Waals surface area contributed by atoms with Crippen LogP contribution in [0, 0.1) is 6.92 Å². The summed E-state index contributed by atoms with van der Waals surface area (Å²) in [7, 11) is 0. The molecule has 0 atom stereocenters. The summed E-state index contributed by atoms with van der Waals surface area (Å²) in [4.78, 5) is 0. The van der Waals surface area contributed by atoms with Crippen molar-refractivity contribution in [3.63, 3.8) is 0 Å². The first kappa shape index (κ1) is 18.4. The molecule has 1 N–H and O–H groups in total. The Bertz CT molecular complexity index is 963. The van der Waals surface area contributed by atoms with Crippen LogP contribution in [0.15, 0.2) is 97.1 Å². The van der Waals surface area contributed by atoms with Crippen LogP contribution in [-0.4, -0.2) is 5.11 Å². The first-order chi connectivity index (χ1) is 14.1. The Hall–Kier alpha value is -3.92. The van der Waals surface area contributed by atoms with Gasteiger partial charge >= 0.3 is 0 Å². The molecule has 0 unspecified atom stereocenters. The van der Waals surface area contributed by atoms with Crippen LogP contribution >= 0.6 is 0 Å². The van der Waals surface area contributed by atoms with E-state index in [1.807, 2.05) is 79.7 Å². The van der Waals surface area contributed by atoms with Gasteiger partial charge in [-0.3, -0.25) is 0 Å². The second-order valence-electron chi connectivity index (χ2n) is 6.56. The average molecular weight is 384 g/mol. The van der Waals surface area contributed by atoms with Gasteiger partial charge in [-0.2, -0.15) is 0 Å². The van der Waals surface area contributed by atoms with Crippen LogP contribution in [0.1, 0.15) is 5.56 Å². The summed E-state index contributed by atoms with van der Waals surface area (Å²) < 4.78 is 17.4. The highest BCUT2D eigenvalue weighted by Crippen LogP contribution is 2.29. The minimum absolute atomic E-state index is 0.205. The third-order valence-corrected chi connectivity index (χ3v) is 4.21. The maximum absolute atomic E-state index is 9.32. The van der Waals surface area contributed by atoms with Crippen LogP contribution < -0.4 is 14.2 Å². The Morgan fingerprint density at radius 3 is 0.966 bits per heavy atom. The molecule has 144 valence electrons. The van der Waals surface area contributed by atoms with Crippen LogP contribution in [0.4, 0.5) is 0 Å². The zero-order chi connectivity index (χ0) is 20.1. The van der Waals surface area contributed by atoms with Crippen molar-refractivity contribution < 1.29 is 19.3 Å². The van der Waals surface area contributed by atoms with Crippen LogP contribution in [0.3, 0.4) is 0 Å². The fourth-order valence-electron chi connectivity index (χ4n) is 2.68. The Morgan fingerprint density at radius 2 is 0.655 bits per heavy atom. The molecule has 0 saturated heterocycles. The Morgan fingerprint density at radius 1 is 0.414 bits per heavy atom. The van der Waals surface area contributed by atoms with Crippen molar-refractivity contribution in [2.75, 3.05) is 0 Å². The van der Waals surface area contributed by atoms with Gasteiger partial charge in [0.15, 0.2) is 0 Å². The van der Waals surface area contributed by atoms with E-state index in [9.17, 15) is 5.11 Å². The third kappa shape index (κ3) is 5.08. The van der Waals surface area contributed by atoms with Crippen LogP contribution in [0.2, 0.25) is 0 Å². The number of phenols is 1. The van der Waals surface area contributed by atoms with Gasteiger partial charge in [0.05, 0.1) is 0 Å². The quantitative estimate of drug-likeness (QED) is 0.386. The van der Waals surface area contributed by atoms with Gasteiger partial charge in [0.25, 0.3) is 0 Å². The highest BCUT2D eigenvalue weighted by Gasteiger charge is 2.02. The van der Waals surface area contributed by atoms with Gasteiger partial charge in [-0.05, 0) is 91.9 Å². The first-order valence-corrected chi connectivity index (χ1v) is 9.23. The van der Waals surface area contributed by atoms with Crippen molar-refractivity contribution in [1.82, 2.24) is 0 Å². The molecule has 29 heavy (non-hydrogen) atoms. The number of aryl methyl sites for hydroxylation is 1. The molecule has 4 aromatic rings. The maximum atomic E-state index is 9.32. The minimum Gasteiger partial charge on any atom is -0.508 e. The van der Waals surface area contributed by atoms with Gasteiger partial charge in [-0.25, -0.2) is 0 Å². The molecule has 0 aliphatic carbocycles. The lowest BCUT2D eigenvalue weighted by Crippen LogP contribution is -1.87. The number of rotatable bonds is 6. The van der Waals surface area contributed by atoms with Crippen molar-refractivity contribution in [1.29, 1.82) is 0 Å². The minimum atomic E-state index is 0.205. The Balaban J connectivity index is 1.36. The van der Waals surface area contributed by atoms with Crippen LogP contribution in [0.5, 0.6) is 40.2 Å². The second-order valence-corrected chi connectivity index (χ2v) is 6.56. The van der Waals surface area contributed by atoms with E-state index in [0.717, 1.165) is 11.5 Å². The number of benzene rings is 4. The van der Waals surface area contributed by atoms with Gasteiger partial charge in [0.1, 0.15) is 40.2 Å². The summed E-state index contributed by atoms with van der Waals surface area (Å²) in [6.45, 7) is 2.04. The van der Waals surface area contributed by atoms with Crippen molar-refractivity contribution in [3.05, 3.63) is 103 Å². The lowest BCUT2D eigenvalue weighted by atomic mass is 10.2. The third-order valence-electron chi connectivity index (χ3n) is 4.21. The van der Waals surface area contributed by atoms with Crippen LogP contribution in [0.25, 0.3) is 0 Å². The fraction of sp³-hybridized carbons (Fsp3) is 0.0400. The van der Waals surface area contributed by atoms with Gasteiger partial charge < -0.3 is 19.3 Å². The molecule has 4 rings (SSSR count). The van der Waals surface area contributed by atoms with Crippen molar-refractivity contribution in [2.45, 2.75) is 6.92 Å². The van der Waals surface area contributed by atoms with Crippen molar-refractivity contribution >= 4 is 0 Å². The molecule has 4 nitrogen and oxygen atoms in total. The highest BCUT2D eigenvalue weighted by atomic mass is 16.5. The first-order valence-electron chi connectivity index (χ1n) is 9.23. The Labute approximate surface area is 169 Å². The van der Waals surface area contributed by atoms with Gasteiger partial charge in [-0.1, -0.05) is 17.7 Å². The predicted octanol–water partition coefficient (Wildman–Crippen LogP) is 7.08. The molecule has 0 fully saturated rings. The monoisotopic (exact) mass is 384 g/mol. The Kier molecular flexibility index (Phi) is 5.34. The van der Waals surface area contributed by atoms with Gasteiger partial charge in [0.2, 0.25) is 0 Å². The molecule has 0 amide bonds. The summed E-state index contributed by atoms with van der Waals surface area (Å²) >= 11 is 0. The van der Waals surface area contributed by atoms with E-state index in [-0.39, 0.29) is 5.75 Å². The van der Waals surface area contributed by atoms with E-state index < -0.39 is 0 Å². The summed E-state index contributed by atoms with van der Waals surface area (Å²) in [6.07, 6.45) is 0. The number of phenolic OH excluding ortho intramolecular Hbond substituents is 1. The van der Waals surface area contributed by atoms with E-state index in [2.05, 4.69) is 0 Å². The molecule has 0 aromatic heterocycles. The summed E-state index contributed by atoms with van der Waals surface area (Å²) in [5.41, 5.74) is 1.19. The fourth-order valence-corrected chi connectivity index (χ4v) is 2.68. The summed E-state index contributed by atoms with van der Waals surface area (Å²) in [5, 5.41) is 9.32. The van der Waals surface area contributed by atoms with Crippen molar-refractivity contribution in [3.8, 4) is 40.2 Å². The molecule has 0 aliphatic heterocycles. The zero-order valence-electron chi connectivity index (χ0n) is 15.9. The van der Waals surface area contributed by atoms with E-state index in [1.54, 1.807) is 24.3 Å². The normalized spacial score (nSPS) is 10.4. The van der Waals surface area contributed by atoms with Crippen LogP contribution in [-0.2, 0) is 0 Å². The number of ether oxygens (including phenoxy) is 3. The number of hydrogen-bond donors (Lipinski definition) is 1. The highest BCUT2D eigenvalue weighted by molar-refractivity contribution is 5.41. The standard InChI is InChI=1S/C25H20O4/c1-18-2-6-20(7-3-18)27-22-10-14-24(15-11-22)29-25-16-12-23(13-17-25)28-21-8-4-19(26)5-9-21/h2-17,26H,1H3. The average Bonchev–Trinajstić information content (AvgIpc) is 2.74. The smallest absolute Gasteiger partial charge is 0.127 e. The number of hydrogen-bond acceptors (Lipinski definition) is 4. The summed E-state index contributed by atoms with van der Waals surface area (Å²) in [6, 6.07) is 29.3. The molecule has 0 radical (unpaired) electrons. The van der Waals surface area contributed by atoms with Gasteiger partial charge in [-0.15, -0.1) is 0 Å². The SMILES string of the molecule is Cc1ccc(Oc2ccc(Oc3ccc(Oc4ccc(O)cc4)cc3)cc2)cc1. The van der Waals surface area contributed by atoms with E-state index in [1.165, 1.54) is 5.56 Å². The van der Waals surface area contributed by atoms with Gasteiger partial charge in [0, 0.05) is 0 Å². The lowest BCUT2D eigenvalue weighted by Gasteiger charge is -2.10. The molecule has 4 aromatic carbocycles. The second kappa shape index (κ2) is 8.40. The van der Waals surface area contributed by atoms with Crippen molar-refractivity contribution in [2.24, 2.45) is 0 Å². The molecule has 4 heteroatoms. The molecular weight excluding hydrogens is 364 g/mol. The molecule has 0 saturated carbocycles. The molecular formula is C25H20O4. The van der Waals surface area contributed by atoms with E-state index in [0.29, 0.717) is 23.0 Å². The molecule has 0 spiro atoms. The largest absolute Gasteiger partial charge is 0.508 e. The molecule has 0 aliphatic rings. The molecule has 0 bridgehead atoms. The topological polar surface area (TPSA) is 47.9 Å². The summed E-state index contributed by atoms with van der Waals surface area (Å²) in [5.74, 6) is 4.51. The zero-order valence-corrected chi connectivity index (χ0v) is 15.9. The lowest BCUT2D eigenvalue weighted by molar-refractivity contribution is 0.459. The van der Waals surface area contributed by atoms with E-state index >= 15 is 0 Å². The predicted molar refractivity (Wildman–Crippen MR) is 112 cm³/mol. The molecule has 0 heterocycles.